The number of rotatable bonds is 5. The van der Waals surface area contributed by atoms with Crippen LogP contribution in [-0.4, -0.2) is 21.9 Å². The Morgan fingerprint density at radius 1 is 1.13 bits per heavy atom. The van der Waals surface area contributed by atoms with E-state index in [0.717, 1.165) is 22.3 Å². The van der Waals surface area contributed by atoms with Gasteiger partial charge in [-0.05, 0) is 37.1 Å². The first-order valence-corrected chi connectivity index (χ1v) is 8.39. The Bertz CT molecular complexity index is 814. The maximum absolute atomic E-state index is 5.29. The number of ether oxygens (including phenoxy) is 1. The molecule has 5 heteroatoms. The molecule has 0 aliphatic rings. The molecule has 0 amide bonds. The van der Waals surface area contributed by atoms with Crippen molar-refractivity contribution in [2.24, 2.45) is 0 Å². The summed E-state index contributed by atoms with van der Waals surface area (Å²) in [7, 11) is 1.67. The highest BCUT2D eigenvalue weighted by atomic mass is 32.2. The number of hydrogen-bond acceptors (Lipinski definition) is 4. The highest BCUT2D eigenvalue weighted by Crippen LogP contribution is 2.26. The Kier molecular flexibility index (Phi) is 4.67. The number of thioether (sulfide) groups is 1. The number of hydrogen-bond donors (Lipinski definition) is 0. The van der Waals surface area contributed by atoms with E-state index < -0.39 is 0 Å². The lowest BCUT2D eigenvalue weighted by Gasteiger charge is -2.09. The molecule has 4 nitrogen and oxygen atoms in total. The van der Waals surface area contributed by atoms with Crippen molar-refractivity contribution >= 4 is 11.8 Å². The van der Waals surface area contributed by atoms with Crippen molar-refractivity contribution in [1.82, 2.24) is 14.8 Å². The quantitative estimate of drug-likeness (QED) is 0.660. The predicted molar refractivity (Wildman–Crippen MR) is 93.4 cm³/mol. The lowest BCUT2D eigenvalue weighted by Crippen LogP contribution is -1.96. The number of aryl methyl sites for hydroxylation is 2. The molecule has 0 aliphatic heterocycles. The first-order chi connectivity index (χ1) is 11.2. The standard InChI is InChI=1S/C18H19N3OS/c1-13-7-8-14(2)15(9-13)11-23-18-20-19-12-21(18)16-5-4-6-17(10-16)22-3/h4-10,12H,11H2,1-3H3. The van der Waals surface area contributed by atoms with Crippen LogP contribution in [0, 0.1) is 13.8 Å². The van der Waals surface area contributed by atoms with Crippen molar-refractivity contribution < 1.29 is 4.74 Å². The zero-order valence-electron chi connectivity index (χ0n) is 13.5. The topological polar surface area (TPSA) is 39.9 Å². The van der Waals surface area contributed by atoms with Gasteiger partial charge in [0.2, 0.25) is 0 Å². The van der Waals surface area contributed by atoms with Crippen LogP contribution in [0.4, 0.5) is 0 Å². The average Bonchev–Trinajstić information content (AvgIpc) is 3.04. The van der Waals surface area contributed by atoms with Gasteiger partial charge < -0.3 is 4.74 Å². The van der Waals surface area contributed by atoms with E-state index in [4.69, 9.17) is 4.74 Å². The van der Waals surface area contributed by atoms with E-state index >= 15 is 0 Å². The van der Waals surface area contributed by atoms with Crippen LogP contribution in [0.25, 0.3) is 5.69 Å². The molecule has 0 atom stereocenters. The lowest BCUT2D eigenvalue weighted by molar-refractivity contribution is 0.414. The van der Waals surface area contributed by atoms with Crippen LogP contribution in [-0.2, 0) is 5.75 Å². The van der Waals surface area contributed by atoms with E-state index in [-0.39, 0.29) is 0 Å². The van der Waals surface area contributed by atoms with Gasteiger partial charge in [0, 0.05) is 11.8 Å². The molecule has 0 unspecified atom stereocenters. The summed E-state index contributed by atoms with van der Waals surface area (Å²) in [5.74, 6) is 1.69. The number of nitrogens with zero attached hydrogens (tertiary/aromatic N) is 3. The number of aromatic nitrogens is 3. The third-order valence-corrected chi connectivity index (χ3v) is 4.70. The van der Waals surface area contributed by atoms with Gasteiger partial charge in [0.25, 0.3) is 0 Å². The summed E-state index contributed by atoms with van der Waals surface area (Å²) in [4.78, 5) is 0. The van der Waals surface area contributed by atoms with Crippen molar-refractivity contribution in [3.8, 4) is 11.4 Å². The van der Waals surface area contributed by atoms with E-state index in [1.54, 1.807) is 25.2 Å². The van der Waals surface area contributed by atoms with Gasteiger partial charge in [-0.15, -0.1) is 10.2 Å². The maximum Gasteiger partial charge on any atom is 0.195 e. The zero-order chi connectivity index (χ0) is 16.2. The van der Waals surface area contributed by atoms with Gasteiger partial charge in [0.05, 0.1) is 12.8 Å². The Balaban J connectivity index is 1.82. The van der Waals surface area contributed by atoms with Crippen LogP contribution in [0.1, 0.15) is 16.7 Å². The largest absolute Gasteiger partial charge is 0.497 e. The van der Waals surface area contributed by atoms with E-state index in [2.05, 4.69) is 42.2 Å². The van der Waals surface area contributed by atoms with Crippen LogP contribution in [0.2, 0.25) is 0 Å². The molecule has 0 fully saturated rings. The minimum absolute atomic E-state index is 0.821. The second-order valence-electron chi connectivity index (χ2n) is 5.40. The first-order valence-electron chi connectivity index (χ1n) is 7.41. The molecule has 0 spiro atoms. The summed E-state index contributed by atoms with van der Waals surface area (Å²) in [5, 5.41) is 9.18. The van der Waals surface area contributed by atoms with Crippen LogP contribution >= 0.6 is 11.8 Å². The molecule has 0 aliphatic carbocycles. The molecule has 3 rings (SSSR count). The molecule has 3 aromatic rings. The smallest absolute Gasteiger partial charge is 0.195 e. The van der Waals surface area contributed by atoms with E-state index in [0.29, 0.717) is 0 Å². The second kappa shape index (κ2) is 6.87. The summed E-state index contributed by atoms with van der Waals surface area (Å²) in [6, 6.07) is 14.4. The third kappa shape index (κ3) is 3.56. The molecule has 23 heavy (non-hydrogen) atoms. The van der Waals surface area contributed by atoms with Crippen LogP contribution in [0.5, 0.6) is 5.75 Å². The van der Waals surface area contributed by atoms with Gasteiger partial charge in [-0.1, -0.05) is 41.6 Å². The molecule has 0 radical (unpaired) electrons. The van der Waals surface area contributed by atoms with Gasteiger partial charge in [-0.2, -0.15) is 0 Å². The van der Waals surface area contributed by atoms with Crippen molar-refractivity contribution in [1.29, 1.82) is 0 Å². The Morgan fingerprint density at radius 2 is 2.00 bits per heavy atom. The fourth-order valence-electron chi connectivity index (χ4n) is 2.36. The molecular formula is C18H19N3OS. The van der Waals surface area contributed by atoms with Crippen LogP contribution < -0.4 is 4.74 Å². The molecule has 0 saturated heterocycles. The monoisotopic (exact) mass is 325 g/mol. The fourth-order valence-corrected chi connectivity index (χ4v) is 3.35. The van der Waals surface area contributed by atoms with Gasteiger partial charge in [0.1, 0.15) is 12.1 Å². The summed E-state index contributed by atoms with van der Waals surface area (Å²) in [6.07, 6.45) is 1.74. The van der Waals surface area contributed by atoms with E-state index in [9.17, 15) is 0 Å². The Labute approximate surface area is 140 Å². The SMILES string of the molecule is COc1cccc(-n2cnnc2SCc2cc(C)ccc2C)c1. The highest BCUT2D eigenvalue weighted by Gasteiger charge is 2.09. The fraction of sp³-hybridized carbons (Fsp3) is 0.222. The molecule has 2 aromatic carbocycles. The highest BCUT2D eigenvalue weighted by molar-refractivity contribution is 7.98. The van der Waals surface area contributed by atoms with Crippen molar-refractivity contribution in [2.45, 2.75) is 24.8 Å². The van der Waals surface area contributed by atoms with Crippen molar-refractivity contribution in [3.05, 3.63) is 65.5 Å². The lowest BCUT2D eigenvalue weighted by atomic mass is 10.1. The molecule has 0 N–H and O–H groups in total. The van der Waals surface area contributed by atoms with E-state index in [1.807, 2.05) is 28.8 Å². The van der Waals surface area contributed by atoms with Crippen LogP contribution in [0.15, 0.2) is 53.9 Å². The summed E-state index contributed by atoms with van der Waals surface area (Å²) in [6.45, 7) is 4.26. The summed E-state index contributed by atoms with van der Waals surface area (Å²) >= 11 is 1.69. The van der Waals surface area contributed by atoms with E-state index in [1.165, 1.54) is 16.7 Å². The minimum atomic E-state index is 0.821. The van der Waals surface area contributed by atoms with Gasteiger partial charge in [-0.25, -0.2) is 0 Å². The average molecular weight is 325 g/mol. The molecule has 0 bridgehead atoms. The maximum atomic E-state index is 5.29. The molecule has 1 aromatic heterocycles. The third-order valence-electron chi connectivity index (χ3n) is 3.71. The summed E-state index contributed by atoms with van der Waals surface area (Å²) in [5.41, 5.74) is 4.91. The van der Waals surface area contributed by atoms with Gasteiger partial charge in [-0.3, -0.25) is 4.57 Å². The predicted octanol–water partition coefficient (Wildman–Crippen LogP) is 4.19. The number of methoxy groups -OCH3 is 1. The summed E-state index contributed by atoms with van der Waals surface area (Å²) < 4.78 is 7.27. The molecular weight excluding hydrogens is 306 g/mol. The second-order valence-corrected chi connectivity index (χ2v) is 6.35. The minimum Gasteiger partial charge on any atom is -0.497 e. The molecule has 1 heterocycles. The zero-order valence-corrected chi connectivity index (χ0v) is 14.3. The Hall–Kier alpha value is -2.27. The Morgan fingerprint density at radius 3 is 2.83 bits per heavy atom. The van der Waals surface area contributed by atoms with Crippen LogP contribution in [0.3, 0.4) is 0 Å². The van der Waals surface area contributed by atoms with Crippen molar-refractivity contribution in [3.63, 3.8) is 0 Å². The molecule has 118 valence electrons. The normalized spacial score (nSPS) is 10.7. The first kappa shape index (κ1) is 15.6. The molecule has 0 saturated carbocycles. The van der Waals surface area contributed by atoms with Crippen molar-refractivity contribution in [2.75, 3.05) is 7.11 Å². The van der Waals surface area contributed by atoms with Gasteiger partial charge in [0.15, 0.2) is 5.16 Å². The number of benzene rings is 2. The van der Waals surface area contributed by atoms with Gasteiger partial charge >= 0.3 is 0 Å².